The summed E-state index contributed by atoms with van der Waals surface area (Å²) in [4.78, 5) is 0. The molecule has 1 N–H and O–H groups in total. The summed E-state index contributed by atoms with van der Waals surface area (Å²) in [7, 11) is 0. The molecule has 3 aromatic carbocycles. The van der Waals surface area contributed by atoms with Gasteiger partial charge >= 0.3 is 0 Å². The molecular weight excluding hydrogens is 424 g/mol. The highest BCUT2D eigenvalue weighted by Crippen LogP contribution is 2.38. The Labute approximate surface area is 192 Å². The van der Waals surface area contributed by atoms with E-state index in [1.165, 1.54) is 10.8 Å². The first-order valence-electron chi connectivity index (χ1n) is 11.1. The third-order valence-corrected chi connectivity index (χ3v) is 7.02. The Morgan fingerprint density at radius 2 is 1.75 bits per heavy atom. The Morgan fingerprint density at radius 3 is 2.56 bits per heavy atom. The number of hydrogen-bond acceptors (Lipinski definition) is 6. The van der Waals surface area contributed by atoms with Crippen molar-refractivity contribution in [1.29, 1.82) is 0 Å². The SMILES string of the molecule is CCS[C@@H]1O[C@@H]2COC(c3ccccc3)O[C@H]2[C@H](OCc2ccc3ccccc3c2)[C@H]1O. The molecule has 2 saturated heterocycles. The lowest BCUT2D eigenvalue weighted by Crippen LogP contribution is -2.61. The molecule has 5 rings (SSSR count). The van der Waals surface area contributed by atoms with Gasteiger partial charge in [-0.25, -0.2) is 0 Å². The third kappa shape index (κ3) is 4.57. The van der Waals surface area contributed by atoms with Crippen LogP contribution in [-0.2, 0) is 25.6 Å². The van der Waals surface area contributed by atoms with Gasteiger partial charge in [-0.15, -0.1) is 11.8 Å². The van der Waals surface area contributed by atoms with E-state index in [9.17, 15) is 5.11 Å². The Hall–Kier alpha value is -1.93. The van der Waals surface area contributed by atoms with Crippen LogP contribution in [0.4, 0.5) is 0 Å². The largest absolute Gasteiger partial charge is 0.387 e. The summed E-state index contributed by atoms with van der Waals surface area (Å²) in [5.41, 5.74) is 1.63. The van der Waals surface area contributed by atoms with Crippen LogP contribution in [0, 0.1) is 0 Å². The summed E-state index contributed by atoms with van der Waals surface area (Å²) < 4.78 is 24.8. The predicted molar refractivity (Wildman–Crippen MR) is 125 cm³/mol. The molecule has 0 aliphatic carbocycles. The number of benzene rings is 3. The lowest BCUT2D eigenvalue weighted by molar-refractivity contribution is -0.325. The maximum atomic E-state index is 11.1. The van der Waals surface area contributed by atoms with E-state index in [1.54, 1.807) is 11.8 Å². The average Bonchev–Trinajstić information content (AvgIpc) is 2.84. The minimum absolute atomic E-state index is 0.288. The number of ether oxygens (including phenoxy) is 4. The van der Waals surface area contributed by atoms with Crippen molar-refractivity contribution in [2.24, 2.45) is 0 Å². The molecule has 6 atom stereocenters. The number of hydrogen-bond donors (Lipinski definition) is 1. The molecule has 168 valence electrons. The third-order valence-electron chi connectivity index (χ3n) is 5.97. The van der Waals surface area contributed by atoms with Gasteiger partial charge in [-0.3, -0.25) is 0 Å². The molecule has 0 amide bonds. The van der Waals surface area contributed by atoms with Gasteiger partial charge in [-0.1, -0.05) is 73.7 Å². The number of fused-ring (bicyclic) bond motifs is 2. The second kappa shape index (κ2) is 9.91. The normalized spacial score (nSPS) is 30.2. The van der Waals surface area contributed by atoms with Crippen molar-refractivity contribution in [2.45, 2.75) is 49.7 Å². The fourth-order valence-corrected chi connectivity index (χ4v) is 5.26. The van der Waals surface area contributed by atoms with Gasteiger partial charge in [0.1, 0.15) is 29.9 Å². The first kappa shape index (κ1) is 21.9. The summed E-state index contributed by atoms with van der Waals surface area (Å²) in [5, 5.41) is 13.5. The van der Waals surface area contributed by atoms with Crippen LogP contribution >= 0.6 is 11.8 Å². The minimum atomic E-state index is -0.795. The van der Waals surface area contributed by atoms with Crippen molar-refractivity contribution in [3.8, 4) is 0 Å². The maximum absolute atomic E-state index is 11.1. The molecule has 3 aromatic rings. The summed E-state index contributed by atoms with van der Waals surface area (Å²) in [6.45, 7) is 2.84. The molecule has 0 bridgehead atoms. The zero-order valence-electron chi connectivity index (χ0n) is 18.0. The van der Waals surface area contributed by atoms with Gasteiger partial charge in [0.05, 0.1) is 13.2 Å². The Bertz CT molecular complexity index is 1030. The van der Waals surface area contributed by atoms with Crippen molar-refractivity contribution >= 4 is 22.5 Å². The lowest BCUT2D eigenvalue weighted by Gasteiger charge is -2.47. The molecule has 6 heteroatoms. The topological polar surface area (TPSA) is 57.2 Å². The number of aliphatic hydroxyl groups is 1. The van der Waals surface area contributed by atoms with Crippen molar-refractivity contribution < 1.29 is 24.1 Å². The van der Waals surface area contributed by atoms with Gasteiger partial charge in [0.15, 0.2) is 6.29 Å². The second-order valence-corrected chi connectivity index (χ2v) is 9.50. The van der Waals surface area contributed by atoms with Crippen molar-refractivity contribution in [1.82, 2.24) is 0 Å². The fourth-order valence-electron chi connectivity index (χ4n) is 4.36. The van der Waals surface area contributed by atoms with Crippen molar-refractivity contribution in [3.05, 3.63) is 83.9 Å². The Morgan fingerprint density at radius 1 is 0.969 bits per heavy atom. The molecule has 0 saturated carbocycles. The molecule has 32 heavy (non-hydrogen) atoms. The van der Waals surface area contributed by atoms with Crippen molar-refractivity contribution in [3.63, 3.8) is 0 Å². The van der Waals surface area contributed by atoms with Gasteiger partial charge in [0.25, 0.3) is 0 Å². The van der Waals surface area contributed by atoms with Gasteiger partial charge in [-0.2, -0.15) is 0 Å². The minimum Gasteiger partial charge on any atom is -0.387 e. The standard InChI is InChI=1S/C26H28O5S/c1-2-32-26-22(27)24(28-15-17-12-13-18-8-6-7-11-20(18)14-17)23-21(30-26)16-29-25(31-23)19-9-4-3-5-10-19/h3-14,21-27H,2,15-16H2,1H3/t21-,22-,23-,24-,25?,26+/m1/s1. The van der Waals surface area contributed by atoms with Crippen LogP contribution in [-0.4, -0.2) is 47.3 Å². The molecule has 2 aliphatic heterocycles. The highest BCUT2D eigenvalue weighted by atomic mass is 32.2. The van der Waals surface area contributed by atoms with E-state index in [1.807, 2.05) is 42.5 Å². The van der Waals surface area contributed by atoms with E-state index in [2.05, 4.69) is 37.3 Å². The van der Waals surface area contributed by atoms with Crippen LogP contribution in [0.25, 0.3) is 10.8 Å². The number of thioether (sulfide) groups is 1. The first-order chi connectivity index (χ1) is 15.7. The van der Waals surface area contributed by atoms with E-state index in [0.717, 1.165) is 16.9 Å². The van der Waals surface area contributed by atoms with E-state index in [4.69, 9.17) is 18.9 Å². The van der Waals surface area contributed by atoms with Gasteiger partial charge in [0.2, 0.25) is 0 Å². The van der Waals surface area contributed by atoms with E-state index in [-0.39, 0.29) is 11.5 Å². The zero-order valence-corrected chi connectivity index (χ0v) is 18.8. The van der Waals surface area contributed by atoms with Crippen LogP contribution in [0.15, 0.2) is 72.8 Å². The average molecular weight is 453 g/mol. The summed E-state index contributed by atoms with van der Waals surface area (Å²) in [5.74, 6) is 0.838. The maximum Gasteiger partial charge on any atom is 0.184 e. The molecule has 0 radical (unpaired) electrons. The summed E-state index contributed by atoms with van der Waals surface area (Å²) in [6.07, 6.45) is -2.52. The van der Waals surface area contributed by atoms with Gasteiger partial charge in [-0.05, 0) is 28.2 Å². The van der Waals surface area contributed by atoms with Gasteiger partial charge in [0, 0.05) is 5.56 Å². The molecule has 0 spiro atoms. The zero-order chi connectivity index (χ0) is 21.9. The molecule has 5 nitrogen and oxygen atoms in total. The fraction of sp³-hybridized carbons (Fsp3) is 0.385. The van der Waals surface area contributed by atoms with E-state index >= 15 is 0 Å². The van der Waals surface area contributed by atoms with Crippen molar-refractivity contribution in [2.75, 3.05) is 12.4 Å². The van der Waals surface area contributed by atoms with E-state index < -0.39 is 24.6 Å². The van der Waals surface area contributed by atoms with Crippen LogP contribution in [0.3, 0.4) is 0 Å². The van der Waals surface area contributed by atoms with Crippen LogP contribution in [0.2, 0.25) is 0 Å². The van der Waals surface area contributed by atoms with E-state index in [0.29, 0.717) is 13.2 Å². The second-order valence-electron chi connectivity index (χ2n) is 8.12. The predicted octanol–water partition coefficient (Wildman–Crippen LogP) is 4.68. The summed E-state index contributed by atoms with van der Waals surface area (Å²) in [6, 6.07) is 24.4. The Balaban J connectivity index is 1.35. The molecule has 2 fully saturated rings. The molecule has 2 heterocycles. The lowest BCUT2D eigenvalue weighted by atomic mass is 9.98. The van der Waals surface area contributed by atoms with Crippen LogP contribution in [0.1, 0.15) is 24.3 Å². The number of rotatable bonds is 6. The first-order valence-corrected chi connectivity index (χ1v) is 12.1. The smallest absolute Gasteiger partial charge is 0.184 e. The van der Waals surface area contributed by atoms with Crippen LogP contribution in [0.5, 0.6) is 0 Å². The highest BCUT2D eigenvalue weighted by Gasteiger charge is 2.50. The van der Waals surface area contributed by atoms with Gasteiger partial charge < -0.3 is 24.1 Å². The summed E-state index contributed by atoms with van der Waals surface area (Å²) >= 11 is 1.58. The molecule has 0 aromatic heterocycles. The Kier molecular flexibility index (Phi) is 6.78. The molecule has 1 unspecified atom stereocenters. The van der Waals surface area contributed by atoms with Crippen LogP contribution < -0.4 is 0 Å². The number of aliphatic hydroxyl groups excluding tert-OH is 1. The molecule has 2 aliphatic rings. The molecular formula is C26H28O5S. The highest BCUT2D eigenvalue weighted by molar-refractivity contribution is 7.99. The monoisotopic (exact) mass is 452 g/mol. The quantitative estimate of drug-likeness (QED) is 0.586.